The van der Waals surface area contributed by atoms with Gasteiger partial charge < -0.3 is 19.8 Å². The zero-order valence-electron chi connectivity index (χ0n) is 20.1. The van der Waals surface area contributed by atoms with E-state index in [-0.39, 0.29) is 29.8 Å². The molecule has 0 aromatic heterocycles. The van der Waals surface area contributed by atoms with Crippen LogP contribution in [-0.2, 0) is 16.6 Å². The molecular formula is C27H38N2O4. The van der Waals surface area contributed by atoms with Crippen LogP contribution in [0.2, 0.25) is 0 Å². The molecule has 1 spiro atoms. The van der Waals surface area contributed by atoms with Gasteiger partial charge in [-0.2, -0.15) is 0 Å². The van der Waals surface area contributed by atoms with Crippen LogP contribution in [0.25, 0.3) is 0 Å². The van der Waals surface area contributed by atoms with Crippen LogP contribution < -0.4 is 4.74 Å². The lowest BCUT2D eigenvalue weighted by atomic mass is 9.48. The van der Waals surface area contributed by atoms with Crippen molar-refractivity contribution in [1.29, 1.82) is 0 Å². The van der Waals surface area contributed by atoms with Crippen LogP contribution in [0.5, 0.6) is 11.5 Å². The molecule has 1 saturated carbocycles. The molecule has 2 aliphatic carbocycles. The minimum atomic E-state index is -0.952. The van der Waals surface area contributed by atoms with E-state index in [2.05, 4.69) is 18.4 Å². The Morgan fingerprint density at radius 2 is 2.15 bits per heavy atom. The van der Waals surface area contributed by atoms with E-state index < -0.39 is 11.0 Å². The van der Waals surface area contributed by atoms with E-state index in [4.69, 9.17) is 4.74 Å². The molecule has 2 aliphatic heterocycles. The Balaban J connectivity index is 1.52. The van der Waals surface area contributed by atoms with Crippen molar-refractivity contribution in [3.63, 3.8) is 0 Å². The van der Waals surface area contributed by atoms with Gasteiger partial charge in [-0.3, -0.25) is 9.69 Å². The maximum Gasteiger partial charge on any atom is 0.222 e. The summed E-state index contributed by atoms with van der Waals surface area (Å²) < 4.78 is 6.55. The zero-order chi connectivity index (χ0) is 23.4. The molecule has 2 fully saturated rings. The Morgan fingerprint density at radius 3 is 2.91 bits per heavy atom. The van der Waals surface area contributed by atoms with E-state index in [1.54, 1.807) is 6.07 Å². The topological polar surface area (TPSA) is 73.2 Å². The smallest absolute Gasteiger partial charge is 0.222 e. The summed E-state index contributed by atoms with van der Waals surface area (Å²) in [6, 6.07) is 3.58. The average molecular weight is 455 g/mol. The van der Waals surface area contributed by atoms with Gasteiger partial charge in [-0.15, -0.1) is 6.58 Å². The van der Waals surface area contributed by atoms with Gasteiger partial charge in [0.05, 0.1) is 17.1 Å². The van der Waals surface area contributed by atoms with E-state index in [0.717, 1.165) is 62.7 Å². The number of likely N-dealkylation sites (N-methyl/N-ethyl adjacent to an activating group) is 1. The third-order valence-electron chi connectivity index (χ3n) is 9.04. The van der Waals surface area contributed by atoms with Crippen molar-refractivity contribution in [2.75, 3.05) is 20.1 Å². The van der Waals surface area contributed by atoms with Gasteiger partial charge in [0.2, 0.25) is 5.91 Å². The molecule has 6 heteroatoms. The Bertz CT molecular complexity index is 948. The van der Waals surface area contributed by atoms with E-state index in [0.29, 0.717) is 25.0 Å². The fourth-order valence-electron chi connectivity index (χ4n) is 7.45. The van der Waals surface area contributed by atoms with Crippen molar-refractivity contribution in [3.8, 4) is 11.5 Å². The molecule has 4 aliphatic rings. The SMILES string of the molecule is C=CCN1CC[C@]23c4c5ccc(O)c4OC2C(N(C)C(=O)CCCCCC)CC[C@@]3(O)[C@H]1C5. The lowest BCUT2D eigenvalue weighted by Crippen LogP contribution is -2.78. The summed E-state index contributed by atoms with van der Waals surface area (Å²) in [4.78, 5) is 17.4. The molecule has 1 aromatic rings. The van der Waals surface area contributed by atoms with Gasteiger partial charge in [0, 0.05) is 31.6 Å². The molecule has 5 atom stereocenters. The maximum absolute atomic E-state index is 13.1. The first-order chi connectivity index (χ1) is 15.9. The fourth-order valence-corrected chi connectivity index (χ4v) is 7.45. The second kappa shape index (κ2) is 8.31. The van der Waals surface area contributed by atoms with Crippen molar-refractivity contribution in [2.24, 2.45) is 0 Å². The Labute approximate surface area is 197 Å². The number of amides is 1. The molecule has 180 valence electrons. The summed E-state index contributed by atoms with van der Waals surface area (Å²) in [6.07, 6.45) is 9.21. The van der Waals surface area contributed by atoms with Gasteiger partial charge in [0.1, 0.15) is 6.10 Å². The maximum atomic E-state index is 13.1. The van der Waals surface area contributed by atoms with Gasteiger partial charge >= 0.3 is 0 Å². The van der Waals surface area contributed by atoms with Gasteiger partial charge in [0.25, 0.3) is 0 Å². The monoisotopic (exact) mass is 454 g/mol. The first-order valence-electron chi connectivity index (χ1n) is 12.7. The zero-order valence-corrected chi connectivity index (χ0v) is 20.1. The number of rotatable bonds is 8. The molecule has 33 heavy (non-hydrogen) atoms. The number of phenolic OH excluding ortho intramolecular Hbond substituents is 1. The van der Waals surface area contributed by atoms with Crippen LogP contribution in [0.4, 0.5) is 0 Å². The molecule has 2 heterocycles. The molecule has 0 radical (unpaired) electrons. The van der Waals surface area contributed by atoms with E-state index in [1.165, 1.54) is 0 Å². The third kappa shape index (κ3) is 3.09. The fraction of sp³-hybridized carbons (Fsp3) is 0.667. The third-order valence-corrected chi connectivity index (χ3v) is 9.04. The number of hydrogen-bond acceptors (Lipinski definition) is 5. The van der Waals surface area contributed by atoms with Crippen LogP contribution in [0.1, 0.15) is 69.4 Å². The summed E-state index contributed by atoms with van der Waals surface area (Å²) in [5, 5.41) is 23.1. The standard InChI is InChI=1S/C27H38N2O4/c1-4-6-7-8-9-22(31)28(3)19-12-13-27(32)21-17-18-10-11-20(30)24-23(18)26(27,25(19)33-24)14-16-29(21)15-5-2/h5,10-11,19,21,25,30,32H,2,4,6-9,12-17H2,1,3H3/t19?,21-,25?,26+,27-/m1/s1. The lowest BCUT2D eigenvalue weighted by Gasteiger charge is -2.64. The Kier molecular flexibility index (Phi) is 5.73. The second-order valence-electron chi connectivity index (χ2n) is 10.6. The molecule has 2 N–H and O–H groups in total. The number of aliphatic hydroxyl groups is 1. The van der Waals surface area contributed by atoms with Crippen molar-refractivity contribution >= 4 is 5.91 Å². The number of benzene rings is 1. The van der Waals surface area contributed by atoms with Crippen molar-refractivity contribution in [2.45, 2.75) is 93.9 Å². The number of ether oxygens (including phenoxy) is 1. The van der Waals surface area contributed by atoms with E-state index >= 15 is 0 Å². The normalized spacial score (nSPS) is 33.8. The highest BCUT2D eigenvalue weighted by Gasteiger charge is 2.73. The molecule has 1 amide bonds. The number of nitrogens with zero attached hydrogens (tertiary/aromatic N) is 2. The first-order valence-corrected chi connectivity index (χ1v) is 12.7. The molecule has 5 rings (SSSR count). The largest absolute Gasteiger partial charge is 0.504 e. The average Bonchev–Trinajstić information content (AvgIpc) is 3.15. The molecular weight excluding hydrogens is 416 g/mol. The number of aromatic hydroxyl groups is 1. The number of phenols is 1. The van der Waals surface area contributed by atoms with Gasteiger partial charge in [-0.1, -0.05) is 38.3 Å². The van der Waals surface area contributed by atoms with Crippen molar-refractivity contribution in [3.05, 3.63) is 35.9 Å². The lowest BCUT2D eigenvalue weighted by molar-refractivity contribution is -0.198. The minimum Gasteiger partial charge on any atom is -0.504 e. The second-order valence-corrected chi connectivity index (χ2v) is 10.6. The van der Waals surface area contributed by atoms with Gasteiger partial charge in [-0.05, 0) is 50.3 Å². The van der Waals surface area contributed by atoms with Crippen LogP contribution in [0.15, 0.2) is 24.8 Å². The number of piperidine rings is 1. The van der Waals surface area contributed by atoms with E-state index in [1.807, 2.05) is 24.1 Å². The first kappa shape index (κ1) is 22.7. The predicted octanol–water partition coefficient (Wildman–Crippen LogP) is 3.53. The highest BCUT2D eigenvalue weighted by Crippen LogP contribution is 2.65. The van der Waals surface area contributed by atoms with Crippen molar-refractivity contribution < 1.29 is 19.7 Å². The number of carbonyl (C=O) groups is 1. The van der Waals surface area contributed by atoms with Crippen LogP contribution in [-0.4, -0.2) is 69.8 Å². The van der Waals surface area contributed by atoms with Gasteiger partial charge in [-0.25, -0.2) is 0 Å². The molecule has 2 bridgehead atoms. The molecule has 2 unspecified atom stereocenters. The van der Waals surface area contributed by atoms with Crippen LogP contribution in [0, 0.1) is 0 Å². The number of hydrogen-bond donors (Lipinski definition) is 2. The molecule has 1 saturated heterocycles. The van der Waals surface area contributed by atoms with Crippen molar-refractivity contribution in [1.82, 2.24) is 9.80 Å². The summed E-state index contributed by atoms with van der Waals surface area (Å²) >= 11 is 0. The summed E-state index contributed by atoms with van der Waals surface area (Å²) in [7, 11) is 1.90. The van der Waals surface area contributed by atoms with Crippen LogP contribution >= 0.6 is 0 Å². The summed E-state index contributed by atoms with van der Waals surface area (Å²) in [6.45, 7) is 7.69. The van der Waals surface area contributed by atoms with E-state index in [9.17, 15) is 15.0 Å². The minimum absolute atomic E-state index is 0.0191. The number of likely N-dealkylation sites (tertiary alicyclic amines) is 1. The number of carbonyl (C=O) groups excluding carboxylic acids is 1. The molecule has 1 aromatic carbocycles. The Morgan fingerprint density at radius 1 is 1.33 bits per heavy atom. The molecule has 6 nitrogen and oxygen atoms in total. The van der Waals surface area contributed by atoms with Crippen LogP contribution in [0.3, 0.4) is 0 Å². The summed E-state index contributed by atoms with van der Waals surface area (Å²) in [5.74, 6) is 0.819. The highest BCUT2D eigenvalue weighted by atomic mass is 16.5. The predicted molar refractivity (Wildman–Crippen MR) is 128 cm³/mol. The van der Waals surface area contributed by atoms with Gasteiger partial charge in [0.15, 0.2) is 11.5 Å². The quantitative estimate of drug-likeness (QED) is 0.464. The highest BCUT2D eigenvalue weighted by molar-refractivity contribution is 5.76. The number of unbranched alkanes of at least 4 members (excludes halogenated alkanes) is 3. The summed E-state index contributed by atoms with van der Waals surface area (Å²) in [5.41, 5.74) is 0.601. The Hall–Kier alpha value is -2.05.